The van der Waals surface area contributed by atoms with Crippen molar-refractivity contribution < 1.29 is 4.74 Å². The highest BCUT2D eigenvalue weighted by molar-refractivity contribution is 7.80. The molecule has 0 bridgehead atoms. The van der Waals surface area contributed by atoms with Crippen LogP contribution in [-0.4, -0.2) is 4.99 Å². The molecular formula is C18H21NOS. The Balaban J connectivity index is 2.13. The Bertz CT molecular complexity index is 624. The number of ether oxygens (including phenoxy) is 1. The van der Waals surface area contributed by atoms with E-state index in [4.69, 9.17) is 22.7 Å². The molecule has 1 unspecified atom stereocenters. The lowest BCUT2D eigenvalue weighted by molar-refractivity contribution is 0.301. The number of nitrogens with two attached hydrogens (primary N) is 1. The average molecular weight is 299 g/mol. The zero-order valence-electron chi connectivity index (χ0n) is 12.5. The Hall–Kier alpha value is -1.87. The van der Waals surface area contributed by atoms with E-state index in [2.05, 4.69) is 26.0 Å². The summed E-state index contributed by atoms with van der Waals surface area (Å²) in [7, 11) is 0. The molecule has 0 aromatic heterocycles. The molecule has 2 rings (SSSR count). The molecule has 0 aliphatic carbocycles. The van der Waals surface area contributed by atoms with Crippen molar-refractivity contribution in [3.05, 3.63) is 65.2 Å². The largest absolute Gasteiger partial charge is 0.489 e. The summed E-state index contributed by atoms with van der Waals surface area (Å²) in [5, 5.41) is 0. The first-order valence-corrected chi connectivity index (χ1v) is 7.63. The zero-order chi connectivity index (χ0) is 15.2. The monoisotopic (exact) mass is 299 g/mol. The summed E-state index contributed by atoms with van der Waals surface area (Å²) in [5.74, 6) is 1.44. The standard InChI is InChI=1S/C18H21NOS/c1-3-13(2)16-9-4-5-10-17(16)20-12-14-7-6-8-15(11-14)18(19)21/h4-11,13H,3,12H2,1-2H3,(H2,19,21). The van der Waals surface area contributed by atoms with Crippen LogP contribution >= 0.6 is 12.2 Å². The predicted octanol–water partition coefficient (Wildman–Crippen LogP) is 4.41. The fraction of sp³-hybridized carbons (Fsp3) is 0.278. The van der Waals surface area contributed by atoms with E-state index >= 15 is 0 Å². The number of thiocarbonyl (C=S) groups is 1. The van der Waals surface area contributed by atoms with Crippen LogP contribution < -0.4 is 10.5 Å². The lowest BCUT2D eigenvalue weighted by atomic mass is 9.98. The number of rotatable bonds is 6. The second-order valence-electron chi connectivity index (χ2n) is 5.20. The van der Waals surface area contributed by atoms with Crippen molar-refractivity contribution in [1.82, 2.24) is 0 Å². The van der Waals surface area contributed by atoms with E-state index < -0.39 is 0 Å². The van der Waals surface area contributed by atoms with Crippen LogP contribution in [0.25, 0.3) is 0 Å². The summed E-state index contributed by atoms with van der Waals surface area (Å²) in [6.45, 7) is 4.92. The average Bonchev–Trinajstić information content (AvgIpc) is 2.52. The van der Waals surface area contributed by atoms with Crippen molar-refractivity contribution in [2.45, 2.75) is 32.8 Å². The van der Waals surface area contributed by atoms with Crippen LogP contribution in [0.5, 0.6) is 5.75 Å². The Morgan fingerprint density at radius 3 is 2.67 bits per heavy atom. The zero-order valence-corrected chi connectivity index (χ0v) is 13.3. The first-order chi connectivity index (χ1) is 10.1. The Labute approximate surface area is 131 Å². The van der Waals surface area contributed by atoms with E-state index in [1.165, 1.54) is 5.56 Å². The van der Waals surface area contributed by atoms with Crippen LogP contribution in [0.4, 0.5) is 0 Å². The molecule has 0 radical (unpaired) electrons. The van der Waals surface area contributed by atoms with E-state index in [1.807, 2.05) is 36.4 Å². The minimum Gasteiger partial charge on any atom is -0.489 e. The highest BCUT2D eigenvalue weighted by Crippen LogP contribution is 2.29. The van der Waals surface area contributed by atoms with Gasteiger partial charge in [0.15, 0.2) is 0 Å². The van der Waals surface area contributed by atoms with Gasteiger partial charge in [0, 0.05) is 5.56 Å². The van der Waals surface area contributed by atoms with Crippen molar-refractivity contribution in [1.29, 1.82) is 0 Å². The third kappa shape index (κ3) is 4.05. The van der Waals surface area contributed by atoms with E-state index in [-0.39, 0.29) is 0 Å². The molecule has 0 heterocycles. The molecule has 0 aliphatic heterocycles. The van der Waals surface area contributed by atoms with Gasteiger partial charge in [-0.25, -0.2) is 0 Å². The molecule has 2 nitrogen and oxygen atoms in total. The number of para-hydroxylation sites is 1. The molecule has 2 aromatic carbocycles. The van der Waals surface area contributed by atoms with Crippen molar-refractivity contribution in [3.8, 4) is 5.75 Å². The molecule has 110 valence electrons. The van der Waals surface area contributed by atoms with Gasteiger partial charge in [-0.1, -0.05) is 62.5 Å². The maximum atomic E-state index is 6.00. The van der Waals surface area contributed by atoms with E-state index in [1.54, 1.807) is 0 Å². The molecule has 0 fully saturated rings. The number of hydrogen-bond acceptors (Lipinski definition) is 2. The van der Waals surface area contributed by atoms with Gasteiger partial charge >= 0.3 is 0 Å². The SMILES string of the molecule is CCC(C)c1ccccc1OCc1cccc(C(N)=S)c1. The van der Waals surface area contributed by atoms with Crippen LogP contribution in [0.15, 0.2) is 48.5 Å². The molecule has 2 aromatic rings. The quantitative estimate of drug-likeness (QED) is 0.802. The second-order valence-corrected chi connectivity index (χ2v) is 5.64. The van der Waals surface area contributed by atoms with E-state index in [9.17, 15) is 0 Å². The van der Waals surface area contributed by atoms with Gasteiger partial charge < -0.3 is 10.5 Å². The Morgan fingerprint density at radius 2 is 1.95 bits per heavy atom. The molecule has 0 saturated heterocycles. The minimum atomic E-state index is 0.414. The van der Waals surface area contributed by atoms with Crippen LogP contribution in [0.2, 0.25) is 0 Å². The van der Waals surface area contributed by atoms with Gasteiger partial charge in [0.05, 0.1) is 0 Å². The lowest BCUT2D eigenvalue weighted by Gasteiger charge is -2.16. The van der Waals surface area contributed by atoms with Crippen LogP contribution in [0.3, 0.4) is 0 Å². The van der Waals surface area contributed by atoms with Gasteiger partial charge in [0.25, 0.3) is 0 Å². The topological polar surface area (TPSA) is 35.2 Å². The number of benzene rings is 2. The first-order valence-electron chi connectivity index (χ1n) is 7.22. The third-order valence-corrected chi connectivity index (χ3v) is 3.90. The van der Waals surface area contributed by atoms with Gasteiger partial charge in [-0.2, -0.15) is 0 Å². The van der Waals surface area contributed by atoms with Gasteiger partial charge in [-0.15, -0.1) is 0 Å². The molecule has 1 atom stereocenters. The molecule has 0 saturated carbocycles. The fourth-order valence-electron chi connectivity index (χ4n) is 2.21. The number of hydrogen-bond donors (Lipinski definition) is 1. The minimum absolute atomic E-state index is 0.414. The van der Waals surface area contributed by atoms with Crippen molar-refractivity contribution in [2.24, 2.45) is 5.73 Å². The molecule has 0 spiro atoms. The summed E-state index contributed by atoms with van der Waals surface area (Å²) >= 11 is 5.01. The van der Waals surface area contributed by atoms with Gasteiger partial charge in [0.2, 0.25) is 0 Å². The lowest BCUT2D eigenvalue weighted by Crippen LogP contribution is -2.10. The van der Waals surface area contributed by atoms with E-state index in [0.29, 0.717) is 17.5 Å². The third-order valence-electron chi connectivity index (χ3n) is 3.67. The molecule has 0 amide bonds. The van der Waals surface area contributed by atoms with Crippen molar-refractivity contribution in [2.75, 3.05) is 0 Å². The Morgan fingerprint density at radius 1 is 1.19 bits per heavy atom. The second kappa shape index (κ2) is 7.23. The van der Waals surface area contributed by atoms with Gasteiger partial charge in [-0.05, 0) is 35.6 Å². The predicted molar refractivity (Wildman–Crippen MR) is 91.8 cm³/mol. The van der Waals surface area contributed by atoms with Crippen LogP contribution in [-0.2, 0) is 6.61 Å². The van der Waals surface area contributed by atoms with Crippen molar-refractivity contribution >= 4 is 17.2 Å². The van der Waals surface area contributed by atoms with Crippen LogP contribution in [0, 0.1) is 0 Å². The molecule has 2 N–H and O–H groups in total. The summed E-state index contributed by atoms with van der Waals surface area (Å²) in [6, 6.07) is 16.1. The van der Waals surface area contributed by atoms with Gasteiger partial charge in [-0.3, -0.25) is 0 Å². The van der Waals surface area contributed by atoms with Gasteiger partial charge in [0.1, 0.15) is 17.3 Å². The van der Waals surface area contributed by atoms with Crippen molar-refractivity contribution in [3.63, 3.8) is 0 Å². The summed E-state index contributed by atoms with van der Waals surface area (Å²) in [4.78, 5) is 0.414. The van der Waals surface area contributed by atoms with Crippen LogP contribution in [0.1, 0.15) is 42.9 Å². The summed E-state index contributed by atoms with van der Waals surface area (Å²) in [5.41, 5.74) is 8.86. The normalized spacial score (nSPS) is 11.9. The molecule has 21 heavy (non-hydrogen) atoms. The molecule has 3 heteroatoms. The smallest absolute Gasteiger partial charge is 0.123 e. The van der Waals surface area contributed by atoms with E-state index in [0.717, 1.165) is 23.3 Å². The maximum absolute atomic E-state index is 6.00. The molecule has 0 aliphatic rings. The fourth-order valence-corrected chi connectivity index (χ4v) is 2.34. The highest BCUT2D eigenvalue weighted by atomic mass is 32.1. The highest BCUT2D eigenvalue weighted by Gasteiger charge is 2.09. The molecular weight excluding hydrogens is 278 g/mol. The summed E-state index contributed by atoms with van der Waals surface area (Å²) < 4.78 is 6.00. The Kier molecular flexibility index (Phi) is 5.34. The summed E-state index contributed by atoms with van der Waals surface area (Å²) in [6.07, 6.45) is 1.09. The first kappa shape index (κ1) is 15.5. The maximum Gasteiger partial charge on any atom is 0.123 e.